The molecular weight excluding hydrogens is 192 g/mol. The fraction of sp³-hybridized carbons (Fsp3) is 0.909. The van der Waals surface area contributed by atoms with E-state index in [1.165, 1.54) is 0 Å². The summed E-state index contributed by atoms with van der Waals surface area (Å²) in [6.07, 6.45) is 1.80. The zero-order valence-electron chi connectivity index (χ0n) is 9.92. The number of nitrogens with one attached hydrogen (secondary N) is 1. The first kappa shape index (κ1) is 12.5. The molecule has 88 valence electrons. The molecule has 2 N–H and O–H groups in total. The summed E-state index contributed by atoms with van der Waals surface area (Å²) >= 11 is 0. The number of carbonyl (C=O) groups excluding carboxylic acids is 1. The van der Waals surface area contributed by atoms with Gasteiger partial charge in [0, 0.05) is 32.6 Å². The van der Waals surface area contributed by atoms with Gasteiger partial charge in [-0.2, -0.15) is 0 Å². The average Bonchev–Trinajstić information content (AvgIpc) is 2.46. The fourth-order valence-electron chi connectivity index (χ4n) is 1.87. The van der Waals surface area contributed by atoms with E-state index in [2.05, 4.69) is 10.2 Å². The third-order valence-corrected chi connectivity index (χ3v) is 2.72. The number of amides is 1. The van der Waals surface area contributed by atoms with Crippen molar-refractivity contribution in [3.05, 3.63) is 0 Å². The molecule has 1 fully saturated rings. The Kier molecular flexibility index (Phi) is 4.11. The van der Waals surface area contributed by atoms with Gasteiger partial charge in [-0.1, -0.05) is 0 Å². The third-order valence-electron chi connectivity index (χ3n) is 2.72. The lowest BCUT2D eigenvalue weighted by molar-refractivity contribution is -0.119. The first-order chi connectivity index (χ1) is 6.87. The zero-order chi connectivity index (χ0) is 11.5. The van der Waals surface area contributed by atoms with Gasteiger partial charge in [-0.3, -0.25) is 4.79 Å². The Morgan fingerprint density at radius 2 is 2.27 bits per heavy atom. The Labute approximate surface area is 91.6 Å². The van der Waals surface area contributed by atoms with Gasteiger partial charge in [0.15, 0.2) is 0 Å². The van der Waals surface area contributed by atoms with E-state index in [1.807, 2.05) is 13.8 Å². The van der Waals surface area contributed by atoms with E-state index in [9.17, 15) is 9.90 Å². The Morgan fingerprint density at radius 1 is 1.60 bits per heavy atom. The maximum atomic E-state index is 10.9. The van der Waals surface area contributed by atoms with E-state index in [4.69, 9.17) is 0 Å². The molecule has 1 aliphatic rings. The second kappa shape index (κ2) is 4.94. The molecule has 15 heavy (non-hydrogen) atoms. The summed E-state index contributed by atoms with van der Waals surface area (Å²) in [4.78, 5) is 13.1. The summed E-state index contributed by atoms with van der Waals surface area (Å²) in [6, 6.07) is 0.296. The van der Waals surface area contributed by atoms with Crippen LogP contribution in [0.5, 0.6) is 0 Å². The minimum Gasteiger partial charge on any atom is -0.390 e. The van der Waals surface area contributed by atoms with E-state index < -0.39 is 5.60 Å². The maximum Gasteiger partial charge on any atom is 0.217 e. The van der Waals surface area contributed by atoms with Crippen LogP contribution in [0.3, 0.4) is 0 Å². The van der Waals surface area contributed by atoms with E-state index in [0.717, 1.165) is 32.5 Å². The predicted molar refractivity (Wildman–Crippen MR) is 59.6 cm³/mol. The summed E-state index contributed by atoms with van der Waals surface area (Å²) in [7, 11) is 0. The lowest BCUT2D eigenvalue weighted by Gasteiger charge is -2.22. The Bertz CT molecular complexity index is 223. The normalized spacial score (nSPS) is 23.1. The summed E-state index contributed by atoms with van der Waals surface area (Å²) in [5.41, 5.74) is -0.591. The third kappa shape index (κ3) is 5.14. The highest BCUT2D eigenvalue weighted by molar-refractivity contribution is 5.73. The van der Waals surface area contributed by atoms with Crippen molar-refractivity contribution in [3.63, 3.8) is 0 Å². The first-order valence-electron chi connectivity index (χ1n) is 5.59. The SMILES string of the molecule is CC(=O)NC1CCN(CCC(C)(C)O)C1. The van der Waals surface area contributed by atoms with Crippen LogP contribution in [0.1, 0.15) is 33.6 Å². The molecule has 4 nitrogen and oxygen atoms in total. The second-order valence-electron chi connectivity index (χ2n) is 5.05. The van der Waals surface area contributed by atoms with Crippen LogP contribution in [-0.4, -0.2) is 47.2 Å². The van der Waals surface area contributed by atoms with Crippen LogP contribution in [-0.2, 0) is 4.79 Å². The number of hydrogen-bond acceptors (Lipinski definition) is 3. The molecule has 0 radical (unpaired) electrons. The van der Waals surface area contributed by atoms with Crippen molar-refractivity contribution in [2.24, 2.45) is 0 Å². The lowest BCUT2D eigenvalue weighted by Crippen LogP contribution is -2.36. The summed E-state index contributed by atoms with van der Waals surface area (Å²) in [6.45, 7) is 8.04. The summed E-state index contributed by atoms with van der Waals surface area (Å²) in [5, 5.41) is 12.5. The predicted octanol–water partition coefficient (Wildman–Crippen LogP) is 0.358. The van der Waals surface area contributed by atoms with Gasteiger partial charge in [-0.15, -0.1) is 0 Å². The molecule has 1 unspecified atom stereocenters. The molecular formula is C11H22N2O2. The average molecular weight is 214 g/mol. The van der Waals surface area contributed by atoms with Crippen LogP contribution in [0.2, 0.25) is 0 Å². The van der Waals surface area contributed by atoms with Gasteiger partial charge >= 0.3 is 0 Å². The number of nitrogens with zero attached hydrogens (tertiary/aromatic N) is 1. The molecule has 1 saturated heterocycles. The molecule has 1 rings (SSSR count). The van der Waals surface area contributed by atoms with Crippen molar-refractivity contribution in [1.29, 1.82) is 0 Å². The van der Waals surface area contributed by atoms with Gasteiger partial charge in [-0.05, 0) is 26.7 Å². The molecule has 1 aliphatic heterocycles. The number of carbonyl (C=O) groups is 1. The van der Waals surface area contributed by atoms with Gasteiger partial charge in [0.25, 0.3) is 0 Å². The fourth-order valence-corrected chi connectivity index (χ4v) is 1.87. The van der Waals surface area contributed by atoms with Crippen LogP contribution in [0.4, 0.5) is 0 Å². The van der Waals surface area contributed by atoms with E-state index >= 15 is 0 Å². The van der Waals surface area contributed by atoms with Crippen LogP contribution < -0.4 is 5.32 Å². The standard InChI is InChI=1S/C11H22N2O2/c1-9(14)12-10-4-6-13(8-10)7-5-11(2,3)15/h10,15H,4-8H2,1-3H3,(H,12,14). The number of hydrogen-bond donors (Lipinski definition) is 2. The zero-order valence-corrected chi connectivity index (χ0v) is 9.92. The van der Waals surface area contributed by atoms with Crippen LogP contribution in [0.25, 0.3) is 0 Å². The van der Waals surface area contributed by atoms with Crippen molar-refractivity contribution < 1.29 is 9.90 Å². The van der Waals surface area contributed by atoms with Crippen LogP contribution in [0, 0.1) is 0 Å². The minimum atomic E-state index is -0.591. The minimum absolute atomic E-state index is 0.0457. The molecule has 0 aromatic heterocycles. The van der Waals surface area contributed by atoms with Crippen molar-refractivity contribution in [3.8, 4) is 0 Å². The Hall–Kier alpha value is -0.610. The molecule has 0 spiro atoms. The molecule has 1 heterocycles. The molecule has 4 heteroatoms. The van der Waals surface area contributed by atoms with Crippen molar-refractivity contribution >= 4 is 5.91 Å². The molecule has 0 aromatic carbocycles. The molecule has 1 atom stereocenters. The van der Waals surface area contributed by atoms with E-state index in [0.29, 0.717) is 6.04 Å². The van der Waals surface area contributed by atoms with Gasteiger partial charge in [-0.25, -0.2) is 0 Å². The van der Waals surface area contributed by atoms with Crippen molar-refractivity contribution in [1.82, 2.24) is 10.2 Å². The maximum absolute atomic E-state index is 10.9. The van der Waals surface area contributed by atoms with Gasteiger partial charge in [0.05, 0.1) is 5.60 Å². The van der Waals surface area contributed by atoms with E-state index in [1.54, 1.807) is 6.92 Å². The van der Waals surface area contributed by atoms with Crippen molar-refractivity contribution in [2.75, 3.05) is 19.6 Å². The molecule has 0 saturated carbocycles. The molecule has 1 amide bonds. The first-order valence-corrected chi connectivity index (χ1v) is 5.59. The monoisotopic (exact) mass is 214 g/mol. The Balaban J connectivity index is 2.22. The number of aliphatic hydroxyl groups is 1. The smallest absolute Gasteiger partial charge is 0.217 e. The molecule has 0 aliphatic carbocycles. The van der Waals surface area contributed by atoms with Crippen molar-refractivity contribution in [2.45, 2.75) is 45.3 Å². The summed E-state index contributed by atoms with van der Waals surface area (Å²) < 4.78 is 0. The highest BCUT2D eigenvalue weighted by atomic mass is 16.3. The van der Waals surface area contributed by atoms with Gasteiger partial charge in [0.1, 0.15) is 0 Å². The highest BCUT2D eigenvalue weighted by Crippen LogP contribution is 2.13. The quantitative estimate of drug-likeness (QED) is 0.710. The van der Waals surface area contributed by atoms with Crippen LogP contribution >= 0.6 is 0 Å². The topological polar surface area (TPSA) is 52.6 Å². The number of rotatable bonds is 4. The second-order valence-corrected chi connectivity index (χ2v) is 5.05. The Morgan fingerprint density at radius 3 is 2.80 bits per heavy atom. The number of likely N-dealkylation sites (tertiary alicyclic amines) is 1. The largest absolute Gasteiger partial charge is 0.390 e. The molecule has 0 aromatic rings. The van der Waals surface area contributed by atoms with Gasteiger partial charge in [0.2, 0.25) is 5.91 Å². The van der Waals surface area contributed by atoms with Crippen LogP contribution in [0.15, 0.2) is 0 Å². The lowest BCUT2D eigenvalue weighted by atomic mass is 10.1. The summed E-state index contributed by atoms with van der Waals surface area (Å²) in [5.74, 6) is 0.0457. The van der Waals surface area contributed by atoms with E-state index in [-0.39, 0.29) is 5.91 Å². The highest BCUT2D eigenvalue weighted by Gasteiger charge is 2.24. The molecule has 0 bridgehead atoms. The van der Waals surface area contributed by atoms with Gasteiger partial charge < -0.3 is 15.3 Å².